The van der Waals surface area contributed by atoms with E-state index in [1.54, 1.807) is 37.5 Å². The SMILES string of the molecule is CC(C(=O)N(Cc1cncnc1)C1CCCNCC1)c1ccccc1F.Cl. The van der Waals surface area contributed by atoms with Crippen molar-refractivity contribution in [2.24, 2.45) is 0 Å². The Labute approximate surface area is 165 Å². The molecule has 1 saturated heterocycles. The van der Waals surface area contributed by atoms with Crippen molar-refractivity contribution in [2.75, 3.05) is 13.1 Å². The number of carbonyl (C=O) groups is 1. The fraction of sp³-hybridized carbons (Fsp3) is 0.450. The van der Waals surface area contributed by atoms with E-state index >= 15 is 0 Å². The van der Waals surface area contributed by atoms with Gasteiger partial charge in [-0.1, -0.05) is 18.2 Å². The first-order chi connectivity index (χ1) is 12.7. The van der Waals surface area contributed by atoms with E-state index in [0.29, 0.717) is 12.1 Å². The number of aromatic nitrogens is 2. The smallest absolute Gasteiger partial charge is 0.230 e. The summed E-state index contributed by atoms with van der Waals surface area (Å²) in [5.74, 6) is -0.915. The Bertz CT molecular complexity index is 723. The van der Waals surface area contributed by atoms with Crippen LogP contribution in [0.2, 0.25) is 0 Å². The van der Waals surface area contributed by atoms with Gasteiger partial charge >= 0.3 is 0 Å². The average Bonchev–Trinajstić information content (AvgIpc) is 2.95. The minimum absolute atomic E-state index is 0. The maximum atomic E-state index is 14.2. The molecular weight excluding hydrogens is 367 g/mol. The van der Waals surface area contributed by atoms with Crippen molar-refractivity contribution >= 4 is 18.3 Å². The molecule has 7 heteroatoms. The number of nitrogens with zero attached hydrogens (tertiary/aromatic N) is 3. The van der Waals surface area contributed by atoms with Crippen LogP contribution >= 0.6 is 12.4 Å². The lowest BCUT2D eigenvalue weighted by molar-refractivity contribution is -0.135. The van der Waals surface area contributed by atoms with Crippen molar-refractivity contribution in [3.63, 3.8) is 0 Å². The number of rotatable bonds is 5. The van der Waals surface area contributed by atoms with Crippen LogP contribution in [0.3, 0.4) is 0 Å². The first-order valence-electron chi connectivity index (χ1n) is 9.16. The second-order valence-electron chi connectivity index (χ2n) is 6.79. The number of benzene rings is 1. The van der Waals surface area contributed by atoms with Crippen LogP contribution in [-0.4, -0.2) is 39.9 Å². The second-order valence-corrected chi connectivity index (χ2v) is 6.79. The first-order valence-corrected chi connectivity index (χ1v) is 9.16. The molecule has 0 radical (unpaired) electrons. The Kier molecular flexibility index (Phi) is 8.13. The molecule has 1 amide bonds. The summed E-state index contributed by atoms with van der Waals surface area (Å²) in [6.07, 6.45) is 7.80. The maximum absolute atomic E-state index is 14.2. The van der Waals surface area contributed by atoms with Crippen molar-refractivity contribution in [1.29, 1.82) is 0 Å². The number of amides is 1. The molecule has 0 aliphatic carbocycles. The molecule has 1 aliphatic heterocycles. The number of hydrogen-bond donors (Lipinski definition) is 1. The van der Waals surface area contributed by atoms with Crippen LogP contribution in [0, 0.1) is 5.82 Å². The van der Waals surface area contributed by atoms with Crippen molar-refractivity contribution < 1.29 is 9.18 Å². The molecule has 2 atom stereocenters. The van der Waals surface area contributed by atoms with Crippen molar-refractivity contribution in [3.8, 4) is 0 Å². The number of hydrogen-bond acceptors (Lipinski definition) is 4. The topological polar surface area (TPSA) is 58.1 Å². The summed E-state index contributed by atoms with van der Waals surface area (Å²) in [5.41, 5.74) is 1.33. The molecule has 1 aromatic heterocycles. The third kappa shape index (κ3) is 5.47. The van der Waals surface area contributed by atoms with Crippen LogP contribution in [0.4, 0.5) is 4.39 Å². The molecule has 0 saturated carbocycles. The minimum atomic E-state index is -0.531. The molecule has 3 rings (SSSR count). The third-order valence-corrected chi connectivity index (χ3v) is 4.98. The van der Waals surface area contributed by atoms with E-state index in [9.17, 15) is 9.18 Å². The standard InChI is InChI=1S/C20H25FN4O.ClH/c1-15(18-6-2-3-7-19(18)21)20(26)25(13-16-11-23-14-24-12-16)17-5-4-9-22-10-8-17;/h2-3,6-7,11-12,14-15,17,22H,4-5,8-10,13H2,1H3;1H. The van der Waals surface area contributed by atoms with Gasteiger partial charge in [-0.25, -0.2) is 14.4 Å². The molecule has 2 unspecified atom stereocenters. The molecular formula is C20H26ClFN4O. The van der Waals surface area contributed by atoms with Crippen LogP contribution in [0.25, 0.3) is 0 Å². The Morgan fingerprint density at radius 1 is 1.26 bits per heavy atom. The van der Waals surface area contributed by atoms with Gasteiger partial charge < -0.3 is 10.2 Å². The Morgan fingerprint density at radius 3 is 2.74 bits per heavy atom. The van der Waals surface area contributed by atoms with E-state index < -0.39 is 5.92 Å². The Morgan fingerprint density at radius 2 is 2.00 bits per heavy atom. The zero-order chi connectivity index (χ0) is 18.4. The highest BCUT2D eigenvalue weighted by Gasteiger charge is 2.30. The summed E-state index contributed by atoms with van der Waals surface area (Å²) in [6, 6.07) is 6.64. The van der Waals surface area contributed by atoms with E-state index in [-0.39, 0.29) is 30.2 Å². The zero-order valence-electron chi connectivity index (χ0n) is 15.5. The molecule has 1 aromatic carbocycles. The van der Waals surface area contributed by atoms with E-state index in [1.165, 1.54) is 12.4 Å². The molecule has 0 bridgehead atoms. The molecule has 1 fully saturated rings. The summed E-state index contributed by atoms with van der Waals surface area (Å²) >= 11 is 0. The lowest BCUT2D eigenvalue weighted by Gasteiger charge is -2.33. The summed E-state index contributed by atoms with van der Waals surface area (Å²) in [6.45, 7) is 4.08. The molecule has 2 heterocycles. The summed E-state index contributed by atoms with van der Waals surface area (Å²) in [5, 5.41) is 3.38. The average molecular weight is 393 g/mol. The lowest BCUT2D eigenvalue weighted by atomic mass is 9.96. The van der Waals surface area contributed by atoms with Crippen molar-refractivity contribution in [2.45, 2.75) is 44.7 Å². The fourth-order valence-electron chi connectivity index (χ4n) is 3.52. The van der Waals surface area contributed by atoms with Gasteiger partial charge in [-0.15, -0.1) is 12.4 Å². The molecule has 146 valence electrons. The summed E-state index contributed by atoms with van der Waals surface area (Å²) < 4.78 is 14.2. The second kappa shape index (κ2) is 10.3. The highest BCUT2D eigenvalue weighted by molar-refractivity contribution is 5.85. The molecule has 1 aliphatic rings. The van der Waals surface area contributed by atoms with Gasteiger partial charge in [-0.3, -0.25) is 4.79 Å². The summed E-state index contributed by atoms with van der Waals surface area (Å²) in [4.78, 5) is 23.3. The lowest BCUT2D eigenvalue weighted by Crippen LogP contribution is -2.42. The van der Waals surface area contributed by atoms with Gasteiger partial charge in [0.1, 0.15) is 12.1 Å². The largest absolute Gasteiger partial charge is 0.335 e. The van der Waals surface area contributed by atoms with Crippen LogP contribution in [0.5, 0.6) is 0 Å². The predicted molar refractivity (Wildman–Crippen MR) is 105 cm³/mol. The van der Waals surface area contributed by atoms with E-state index in [2.05, 4.69) is 15.3 Å². The van der Waals surface area contributed by atoms with Gasteiger partial charge in [0.15, 0.2) is 0 Å². The normalized spacial score (nSPS) is 18.1. The summed E-state index contributed by atoms with van der Waals surface area (Å²) in [7, 11) is 0. The van der Waals surface area contributed by atoms with Gasteiger partial charge in [0.2, 0.25) is 5.91 Å². The quantitative estimate of drug-likeness (QED) is 0.848. The zero-order valence-corrected chi connectivity index (χ0v) is 16.3. The van der Waals surface area contributed by atoms with E-state index in [1.807, 2.05) is 4.90 Å². The van der Waals surface area contributed by atoms with Gasteiger partial charge in [-0.2, -0.15) is 0 Å². The highest BCUT2D eigenvalue weighted by atomic mass is 35.5. The molecule has 1 N–H and O–H groups in total. The fourth-order valence-corrected chi connectivity index (χ4v) is 3.52. The predicted octanol–water partition coefficient (Wildman–Crippen LogP) is 3.31. The minimum Gasteiger partial charge on any atom is -0.335 e. The molecule has 2 aromatic rings. The monoisotopic (exact) mass is 392 g/mol. The van der Waals surface area contributed by atoms with E-state index in [4.69, 9.17) is 0 Å². The number of carbonyl (C=O) groups excluding carboxylic acids is 1. The number of halogens is 2. The molecule has 0 spiro atoms. The molecule has 27 heavy (non-hydrogen) atoms. The van der Waals surface area contributed by atoms with Crippen LogP contribution < -0.4 is 5.32 Å². The van der Waals surface area contributed by atoms with Crippen molar-refractivity contribution in [1.82, 2.24) is 20.2 Å². The third-order valence-electron chi connectivity index (χ3n) is 4.98. The van der Waals surface area contributed by atoms with Gasteiger partial charge in [0.25, 0.3) is 0 Å². The maximum Gasteiger partial charge on any atom is 0.230 e. The van der Waals surface area contributed by atoms with Crippen molar-refractivity contribution in [3.05, 3.63) is 59.9 Å². The van der Waals surface area contributed by atoms with Crippen LogP contribution in [-0.2, 0) is 11.3 Å². The Hall–Kier alpha value is -2.05. The van der Waals surface area contributed by atoms with Crippen LogP contribution in [0.1, 0.15) is 43.2 Å². The van der Waals surface area contributed by atoms with E-state index in [0.717, 1.165) is 37.9 Å². The van der Waals surface area contributed by atoms with Gasteiger partial charge in [-0.05, 0) is 50.9 Å². The highest BCUT2D eigenvalue weighted by Crippen LogP contribution is 2.25. The first kappa shape index (κ1) is 21.3. The van der Waals surface area contributed by atoms with Gasteiger partial charge in [0, 0.05) is 30.5 Å². The Balaban J connectivity index is 0.00000261. The van der Waals surface area contributed by atoms with Gasteiger partial charge in [0.05, 0.1) is 5.92 Å². The molecule has 5 nitrogen and oxygen atoms in total. The number of nitrogens with one attached hydrogen (secondary N) is 1. The van der Waals surface area contributed by atoms with Crippen LogP contribution in [0.15, 0.2) is 43.0 Å².